The molecule has 0 amide bonds. The lowest BCUT2D eigenvalue weighted by atomic mass is 9.83. The van der Waals surface area contributed by atoms with Crippen LogP contribution in [0.3, 0.4) is 0 Å². The fourth-order valence-electron chi connectivity index (χ4n) is 2.99. The molecule has 1 fully saturated rings. The third-order valence-electron chi connectivity index (χ3n) is 4.03. The summed E-state index contributed by atoms with van der Waals surface area (Å²) in [5, 5.41) is 9.16. The van der Waals surface area contributed by atoms with E-state index in [4.69, 9.17) is 5.11 Å². The van der Waals surface area contributed by atoms with Crippen molar-refractivity contribution in [1.29, 1.82) is 0 Å². The highest BCUT2D eigenvalue weighted by Gasteiger charge is 2.25. The first-order valence-electron chi connectivity index (χ1n) is 6.88. The second-order valence-corrected chi connectivity index (χ2v) is 7.60. The topological polar surface area (TPSA) is 71.4 Å². The van der Waals surface area contributed by atoms with Crippen LogP contribution in [0.1, 0.15) is 59.5 Å². The summed E-state index contributed by atoms with van der Waals surface area (Å²) >= 11 is 0. The van der Waals surface area contributed by atoms with E-state index in [0.717, 1.165) is 37.5 Å². The van der Waals surface area contributed by atoms with Crippen molar-refractivity contribution in [2.24, 2.45) is 0 Å². The summed E-state index contributed by atoms with van der Waals surface area (Å²) in [7, 11) is -3.42. The first-order chi connectivity index (χ1) is 9.30. The summed E-state index contributed by atoms with van der Waals surface area (Å²) in [6.45, 7) is 1.72. The Morgan fingerprint density at radius 1 is 1.20 bits per heavy atom. The summed E-state index contributed by atoms with van der Waals surface area (Å²) in [6, 6.07) is 3.09. The second-order valence-electron chi connectivity index (χ2n) is 5.62. The van der Waals surface area contributed by atoms with Crippen molar-refractivity contribution in [1.82, 2.24) is 0 Å². The molecule has 0 bridgehead atoms. The number of rotatable bonds is 3. The molecular weight excluding hydrogens is 276 g/mol. The van der Waals surface area contributed by atoms with Crippen molar-refractivity contribution < 1.29 is 18.3 Å². The van der Waals surface area contributed by atoms with E-state index in [9.17, 15) is 13.2 Å². The molecule has 0 aromatic heterocycles. The normalized spacial score (nSPS) is 17.1. The number of benzene rings is 1. The molecule has 1 N–H and O–H groups in total. The Morgan fingerprint density at radius 3 is 2.30 bits per heavy atom. The fourth-order valence-corrected chi connectivity index (χ4v) is 3.98. The molecule has 1 aliphatic carbocycles. The lowest BCUT2D eigenvalue weighted by Gasteiger charge is -2.24. The predicted molar refractivity (Wildman–Crippen MR) is 77.1 cm³/mol. The van der Waals surface area contributed by atoms with Gasteiger partial charge in [0.1, 0.15) is 0 Å². The molecule has 1 aromatic rings. The molecule has 4 nitrogen and oxygen atoms in total. The minimum Gasteiger partial charge on any atom is -0.478 e. The molecule has 5 heteroatoms. The van der Waals surface area contributed by atoms with Gasteiger partial charge in [0, 0.05) is 6.26 Å². The highest BCUT2D eigenvalue weighted by molar-refractivity contribution is 7.90. The average Bonchev–Trinajstić information content (AvgIpc) is 2.37. The second kappa shape index (κ2) is 5.56. The first-order valence-corrected chi connectivity index (χ1v) is 8.77. The Morgan fingerprint density at radius 2 is 1.80 bits per heavy atom. The highest BCUT2D eigenvalue weighted by Crippen LogP contribution is 2.37. The van der Waals surface area contributed by atoms with Crippen LogP contribution in [0, 0.1) is 6.92 Å². The molecule has 0 atom stereocenters. The van der Waals surface area contributed by atoms with Crippen LogP contribution in [0.25, 0.3) is 0 Å². The molecule has 0 heterocycles. The third-order valence-corrected chi connectivity index (χ3v) is 5.18. The predicted octanol–water partition coefficient (Wildman–Crippen LogP) is 3.14. The van der Waals surface area contributed by atoms with Gasteiger partial charge in [-0.2, -0.15) is 0 Å². The zero-order chi connectivity index (χ0) is 14.9. The van der Waals surface area contributed by atoms with Gasteiger partial charge in [0.15, 0.2) is 9.84 Å². The van der Waals surface area contributed by atoms with Crippen LogP contribution in [-0.4, -0.2) is 25.7 Å². The lowest BCUT2D eigenvalue weighted by molar-refractivity contribution is 0.0696. The first kappa shape index (κ1) is 15.0. The van der Waals surface area contributed by atoms with E-state index in [2.05, 4.69) is 0 Å². The quantitative estimate of drug-likeness (QED) is 0.930. The molecule has 0 saturated heterocycles. The van der Waals surface area contributed by atoms with Gasteiger partial charge in [-0.15, -0.1) is 0 Å². The molecular formula is C15H20O4S. The molecule has 1 aromatic carbocycles. The number of aromatic carboxylic acids is 1. The Labute approximate surface area is 119 Å². The average molecular weight is 296 g/mol. The van der Waals surface area contributed by atoms with Gasteiger partial charge in [0.2, 0.25) is 0 Å². The van der Waals surface area contributed by atoms with Crippen LogP contribution < -0.4 is 0 Å². The maximum absolute atomic E-state index is 12.0. The van der Waals surface area contributed by atoms with Gasteiger partial charge < -0.3 is 5.11 Å². The monoisotopic (exact) mass is 296 g/mol. The Kier molecular flexibility index (Phi) is 4.18. The van der Waals surface area contributed by atoms with Crippen LogP contribution in [0.15, 0.2) is 17.0 Å². The largest absolute Gasteiger partial charge is 0.478 e. The summed E-state index contributed by atoms with van der Waals surface area (Å²) in [5.41, 5.74) is 1.50. The Balaban J connectivity index is 2.60. The van der Waals surface area contributed by atoms with E-state index >= 15 is 0 Å². The van der Waals surface area contributed by atoms with Crippen LogP contribution in [0.4, 0.5) is 0 Å². The van der Waals surface area contributed by atoms with E-state index in [-0.39, 0.29) is 16.4 Å². The number of carboxylic acid groups (broad SMARTS) is 1. The van der Waals surface area contributed by atoms with Gasteiger partial charge in [-0.3, -0.25) is 0 Å². The van der Waals surface area contributed by atoms with Gasteiger partial charge in [-0.05, 0) is 42.9 Å². The number of hydrogen-bond acceptors (Lipinski definition) is 3. The van der Waals surface area contributed by atoms with Gasteiger partial charge >= 0.3 is 5.97 Å². The third kappa shape index (κ3) is 3.03. The molecule has 1 saturated carbocycles. The van der Waals surface area contributed by atoms with Crippen LogP contribution in [0.2, 0.25) is 0 Å². The summed E-state index contributed by atoms with van der Waals surface area (Å²) in [6.07, 6.45) is 6.51. The van der Waals surface area contributed by atoms with Crippen molar-refractivity contribution >= 4 is 15.8 Å². The maximum Gasteiger partial charge on any atom is 0.335 e. The van der Waals surface area contributed by atoms with Crippen molar-refractivity contribution in [3.63, 3.8) is 0 Å². The Bertz CT molecular complexity index is 626. The Hall–Kier alpha value is -1.36. The van der Waals surface area contributed by atoms with E-state index in [1.807, 2.05) is 0 Å². The summed E-state index contributed by atoms with van der Waals surface area (Å²) in [5.74, 6) is -0.849. The van der Waals surface area contributed by atoms with Crippen LogP contribution in [-0.2, 0) is 9.84 Å². The fraction of sp³-hybridized carbons (Fsp3) is 0.533. The molecule has 1 aliphatic rings. The van der Waals surface area contributed by atoms with Gasteiger partial charge in [0.05, 0.1) is 10.5 Å². The van der Waals surface area contributed by atoms with Crippen LogP contribution >= 0.6 is 0 Å². The lowest BCUT2D eigenvalue weighted by Crippen LogP contribution is -2.13. The zero-order valence-corrected chi connectivity index (χ0v) is 12.7. The number of hydrogen-bond donors (Lipinski definition) is 1. The van der Waals surface area contributed by atoms with Gasteiger partial charge in [-0.1, -0.05) is 25.3 Å². The maximum atomic E-state index is 12.0. The van der Waals surface area contributed by atoms with Crippen molar-refractivity contribution in [3.8, 4) is 0 Å². The van der Waals surface area contributed by atoms with Crippen molar-refractivity contribution in [2.45, 2.75) is 49.8 Å². The number of carboxylic acids is 1. The van der Waals surface area contributed by atoms with E-state index in [1.165, 1.54) is 12.5 Å². The molecule has 2 rings (SSSR count). The van der Waals surface area contributed by atoms with Crippen molar-refractivity contribution in [3.05, 3.63) is 28.8 Å². The number of sulfone groups is 1. The molecule has 0 radical (unpaired) electrons. The zero-order valence-electron chi connectivity index (χ0n) is 11.8. The minimum atomic E-state index is -3.42. The summed E-state index contributed by atoms with van der Waals surface area (Å²) in [4.78, 5) is 11.4. The minimum absolute atomic E-state index is 0.0741. The van der Waals surface area contributed by atoms with E-state index < -0.39 is 15.8 Å². The van der Waals surface area contributed by atoms with E-state index in [0.29, 0.717) is 5.56 Å². The number of carbonyl (C=O) groups is 1. The van der Waals surface area contributed by atoms with Crippen molar-refractivity contribution in [2.75, 3.05) is 6.26 Å². The highest BCUT2D eigenvalue weighted by atomic mass is 32.2. The van der Waals surface area contributed by atoms with Gasteiger partial charge in [-0.25, -0.2) is 13.2 Å². The molecule has 20 heavy (non-hydrogen) atoms. The molecule has 0 aliphatic heterocycles. The van der Waals surface area contributed by atoms with Gasteiger partial charge in [0.25, 0.3) is 0 Å². The smallest absolute Gasteiger partial charge is 0.335 e. The molecule has 0 unspecified atom stereocenters. The molecule has 0 spiro atoms. The molecule has 110 valence electrons. The van der Waals surface area contributed by atoms with E-state index in [1.54, 1.807) is 13.0 Å². The number of aryl methyl sites for hydroxylation is 1. The summed E-state index contributed by atoms with van der Waals surface area (Å²) < 4.78 is 24.0. The standard InChI is InChI=1S/C15H20O4S/c1-10-8-13(11-6-4-3-5-7-11)14(20(2,18)19)9-12(10)15(16)17/h8-9,11H,3-7H2,1-2H3,(H,16,17). The SMILES string of the molecule is Cc1cc(C2CCCCC2)c(S(C)(=O)=O)cc1C(=O)O. The van der Waals surface area contributed by atoms with Crippen LogP contribution in [0.5, 0.6) is 0 Å².